The zero-order chi connectivity index (χ0) is 18.2. The first kappa shape index (κ1) is 17.5. The SMILES string of the molecule is C#CCn1c(=NC(=O)CN(C)S(C)(=O)=O)sc2cc3c(cc21)OCO3. The first-order valence-corrected chi connectivity index (χ1v) is 9.81. The Kier molecular flexibility index (Phi) is 4.55. The number of hydrogen-bond acceptors (Lipinski definition) is 6. The highest BCUT2D eigenvalue weighted by Crippen LogP contribution is 2.36. The predicted octanol–water partition coefficient (Wildman–Crippen LogP) is 0.383. The Morgan fingerprint density at radius 3 is 2.76 bits per heavy atom. The van der Waals surface area contributed by atoms with Crippen LogP contribution in [0.3, 0.4) is 0 Å². The van der Waals surface area contributed by atoms with Gasteiger partial charge in [0.05, 0.1) is 29.6 Å². The number of sulfonamides is 1. The summed E-state index contributed by atoms with van der Waals surface area (Å²) in [6, 6.07) is 3.60. The van der Waals surface area contributed by atoms with E-state index in [0.717, 1.165) is 20.8 Å². The van der Waals surface area contributed by atoms with Gasteiger partial charge in [-0.05, 0) is 0 Å². The molecule has 0 spiro atoms. The molecule has 0 saturated carbocycles. The van der Waals surface area contributed by atoms with Crippen molar-refractivity contribution in [3.8, 4) is 23.8 Å². The van der Waals surface area contributed by atoms with Crippen LogP contribution in [-0.2, 0) is 21.4 Å². The van der Waals surface area contributed by atoms with Crippen LogP contribution >= 0.6 is 11.3 Å². The van der Waals surface area contributed by atoms with Crippen LogP contribution in [0.4, 0.5) is 0 Å². The number of terminal acetylenes is 1. The summed E-state index contributed by atoms with van der Waals surface area (Å²) in [5, 5.41) is 0. The minimum atomic E-state index is -3.46. The summed E-state index contributed by atoms with van der Waals surface area (Å²) >= 11 is 1.27. The van der Waals surface area contributed by atoms with E-state index in [9.17, 15) is 13.2 Å². The van der Waals surface area contributed by atoms with Gasteiger partial charge < -0.3 is 14.0 Å². The molecule has 2 heterocycles. The summed E-state index contributed by atoms with van der Waals surface area (Å²) in [5.74, 6) is 3.17. The monoisotopic (exact) mass is 381 g/mol. The summed E-state index contributed by atoms with van der Waals surface area (Å²) in [6.45, 7) is 0.0365. The second-order valence-electron chi connectivity index (χ2n) is 5.37. The summed E-state index contributed by atoms with van der Waals surface area (Å²) in [7, 11) is -2.14. The highest BCUT2D eigenvalue weighted by Gasteiger charge is 2.18. The molecule has 3 rings (SSSR count). The van der Waals surface area contributed by atoms with Crippen molar-refractivity contribution >= 4 is 37.5 Å². The molecule has 0 saturated heterocycles. The fraction of sp³-hybridized carbons (Fsp3) is 0.333. The van der Waals surface area contributed by atoms with Crippen LogP contribution < -0.4 is 14.3 Å². The topological polar surface area (TPSA) is 90.2 Å². The normalized spacial score (nSPS) is 14.2. The van der Waals surface area contributed by atoms with Gasteiger partial charge in [0.25, 0.3) is 5.91 Å². The zero-order valence-corrected chi connectivity index (χ0v) is 15.2. The molecule has 1 aliphatic rings. The fourth-order valence-corrected chi connectivity index (χ4v) is 3.64. The molecule has 2 aromatic rings. The average molecular weight is 381 g/mol. The Morgan fingerprint density at radius 1 is 1.44 bits per heavy atom. The number of hydrogen-bond donors (Lipinski definition) is 0. The number of ether oxygens (including phenoxy) is 2. The Hall–Kier alpha value is -2.35. The molecule has 0 radical (unpaired) electrons. The van der Waals surface area contributed by atoms with Crippen LogP contribution in [0.1, 0.15) is 0 Å². The van der Waals surface area contributed by atoms with Gasteiger partial charge in [-0.25, -0.2) is 8.42 Å². The smallest absolute Gasteiger partial charge is 0.263 e. The fourth-order valence-electron chi connectivity index (χ4n) is 2.24. The van der Waals surface area contributed by atoms with Gasteiger partial charge in [0.2, 0.25) is 16.8 Å². The van der Waals surface area contributed by atoms with Gasteiger partial charge >= 0.3 is 0 Å². The lowest BCUT2D eigenvalue weighted by molar-refractivity contribution is -0.118. The third-order valence-electron chi connectivity index (χ3n) is 3.57. The van der Waals surface area contributed by atoms with Gasteiger partial charge in [0.15, 0.2) is 16.3 Å². The second kappa shape index (κ2) is 6.51. The van der Waals surface area contributed by atoms with Crippen molar-refractivity contribution in [2.45, 2.75) is 6.54 Å². The summed E-state index contributed by atoms with van der Waals surface area (Å²) < 4.78 is 37.0. The second-order valence-corrected chi connectivity index (χ2v) is 8.47. The molecule has 25 heavy (non-hydrogen) atoms. The van der Waals surface area contributed by atoms with E-state index in [2.05, 4.69) is 10.9 Å². The van der Waals surface area contributed by atoms with Crippen LogP contribution in [0.2, 0.25) is 0 Å². The molecule has 8 nitrogen and oxygen atoms in total. The third-order valence-corrected chi connectivity index (χ3v) is 5.87. The van der Waals surface area contributed by atoms with Gasteiger partial charge in [-0.15, -0.1) is 6.42 Å². The minimum absolute atomic E-state index is 0.162. The number of thiazole rings is 1. The van der Waals surface area contributed by atoms with E-state index >= 15 is 0 Å². The maximum Gasteiger partial charge on any atom is 0.263 e. The lowest BCUT2D eigenvalue weighted by atomic mass is 10.3. The van der Waals surface area contributed by atoms with Crippen molar-refractivity contribution in [3.63, 3.8) is 0 Å². The van der Waals surface area contributed by atoms with Crippen molar-refractivity contribution in [2.75, 3.05) is 26.6 Å². The maximum atomic E-state index is 12.1. The van der Waals surface area contributed by atoms with E-state index in [-0.39, 0.29) is 19.9 Å². The molecular formula is C15H15N3O5S2. The highest BCUT2D eigenvalue weighted by atomic mass is 32.2. The van der Waals surface area contributed by atoms with Crippen LogP contribution in [0, 0.1) is 12.3 Å². The van der Waals surface area contributed by atoms with Crippen LogP contribution in [0.5, 0.6) is 11.5 Å². The standard InChI is InChI=1S/C15H15N3O5S2/c1-4-5-18-10-6-11-12(23-9-22-11)7-13(10)24-15(18)16-14(19)8-17(2)25(3,20)21/h1,6-7H,5,8-9H2,2-3H3. The number of fused-ring (bicyclic) bond motifs is 2. The highest BCUT2D eigenvalue weighted by molar-refractivity contribution is 7.88. The molecule has 1 aliphatic heterocycles. The van der Waals surface area contributed by atoms with E-state index in [4.69, 9.17) is 15.9 Å². The number of likely N-dealkylation sites (N-methyl/N-ethyl adjacent to an activating group) is 1. The largest absolute Gasteiger partial charge is 0.454 e. The molecule has 0 N–H and O–H groups in total. The van der Waals surface area contributed by atoms with E-state index in [1.54, 1.807) is 10.6 Å². The number of rotatable bonds is 4. The summed E-state index contributed by atoms with van der Waals surface area (Å²) in [4.78, 5) is 16.5. The quantitative estimate of drug-likeness (QED) is 0.715. The van der Waals surface area contributed by atoms with Gasteiger partial charge in [-0.1, -0.05) is 17.3 Å². The van der Waals surface area contributed by atoms with Crippen molar-refractivity contribution < 1.29 is 22.7 Å². The van der Waals surface area contributed by atoms with E-state index in [1.807, 2.05) is 6.07 Å². The van der Waals surface area contributed by atoms with Crippen LogP contribution in [0.15, 0.2) is 17.1 Å². The lowest BCUT2D eigenvalue weighted by Gasteiger charge is -2.10. The third kappa shape index (κ3) is 3.53. The van der Waals surface area contributed by atoms with Crippen LogP contribution in [-0.4, -0.2) is 49.8 Å². The van der Waals surface area contributed by atoms with Crippen molar-refractivity contribution in [1.82, 2.24) is 8.87 Å². The van der Waals surface area contributed by atoms with Gasteiger partial charge in [0.1, 0.15) is 0 Å². The van der Waals surface area contributed by atoms with Crippen molar-refractivity contribution in [1.29, 1.82) is 0 Å². The average Bonchev–Trinajstić information content (AvgIpc) is 3.09. The van der Waals surface area contributed by atoms with Crippen LogP contribution in [0.25, 0.3) is 10.2 Å². The van der Waals surface area contributed by atoms with E-state index in [0.29, 0.717) is 16.3 Å². The predicted molar refractivity (Wildman–Crippen MR) is 92.8 cm³/mol. The molecule has 1 amide bonds. The summed E-state index contributed by atoms with van der Waals surface area (Å²) in [5.41, 5.74) is 0.773. The lowest BCUT2D eigenvalue weighted by Crippen LogP contribution is -2.31. The van der Waals surface area contributed by atoms with E-state index in [1.165, 1.54) is 18.4 Å². The Morgan fingerprint density at radius 2 is 2.12 bits per heavy atom. The van der Waals surface area contributed by atoms with Gasteiger partial charge in [-0.2, -0.15) is 9.30 Å². The Bertz CT molecular complexity index is 1060. The summed E-state index contributed by atoms with van der Waals surface area (Å²) in [6.07, 6.45) is 6.45. The van der Waals surface area contributed by atoms with Crippen molar-refractivity contribution in [3.05, 3.63) is 16.9 Å². The molecule has 0 unspecified atom stereocenters. The number of carbonyl (C=O) groups excluding carboxylic acids is 1. The molecule has 10 heteroatoms. The molecule has 0 bridgehead atoms. The Labute approximate surface area is 148 Å². The molecular weight excluding hydrogens is 366 g/mol. The molecule has 0 aliphatic carbocycles. The minimum Gasteiger partial charge on any atom is -0.454 e. The molecule has 0 fully saturated rings. The first-order valence-electron chi connectivity index (χ1n) is 7.15. The van der Waals surface area contributed by atoms with Crippen molar-refractivity contribution in [2.24, 2.45) is 4.99 Å². The molecule has 0 atom stereocenters. The maximum absolute atomic E-state index is 12.1. The molecule has 1 aromatic carbocycles. The Balaban J connectivity index is 2.05. The van der Waals surface area contributed by atoms with Gasteiger partial charge in [-0.3, -0.25) is 4.79 Å². The van der Waals surface area contributed by atoms with E-state index < -0.39 is 15.9 Å². The zero-order valence-electron chi connectivity index (χ0n) is 13.6. The number of aromatic nitrogens is 1. The number of benzene rings is 1. The number of nitrogens with zero attached hydrogens (tertiary/aromatic N) is 3. The molecule has 132 valence electrons. The van der Waals surface area contributed by atoms with Gasteiger partial charge in [0, 0.05) is 19.2 Å². The number of carbonyl (C=O) groups is 1. The molecule has 1 aromatic heterocycles. The number of amides is 1. The first-order chi connectivity index (χ1) is 11.8.